The molecule has 4 nitrogen and oxygen atoms in total. The van der Waals surface area contributed by atoms with E-state index in [2.05, 4.69) is 11.4 Å². The van der Waals surface area contributed by atoms with E-state index >= 15 is 0 Å². The molecule has 1 aromatic rings. The first-order valence-corrected chi connectivity index (χ1v) is 8.66. The van der Waals surface area contributed by atoms with Gasteiger partial charge in [0.2, 0.25) is 5.91 Å². The van der Waals surface area contributed by atoms with Crippen LogP contribution in [0.4, 0.5) is 0 Å². The standard InChI is InChI=1S/C19H25NO3/c1-3-23-18-6-4-5-15-16(18)9-10-17(15)20-19(22)14-8-7-13(21)11-12(14)2/h4-6,12,14,17H,3,7-11H2,1-2H3,(H,20,22)/t12-,14+,17-/m0/s1. The monoisotopic (exact) mass is 315 g/mol. The quantitative estimate of drug-likeness (QED) is 0.928. The summed E-state index contributed by atoms with van der Waals surface area (Å²) in [6.45, 7) is 4.65. The summed E-state index contributed by atoms with van der Waals surface area (Å²) in [6, 6.07) is 6.16. The highest BCUT2D eigenvalue weighted by Gasteiger charge is 2.34. The predicted molar refractivity (Wildman–Crippen MR) is 88.3 cm³/mol. The van der Waals surface area contributed by atoms with Gasteiger partial charge in [0.1, 0.15) is 11.5 Å². The smallest absolute Gasteiger partial charge is 0.223 e. The van der Waals surface area contributed by atoms with Crippen LogP contribution in [0.3, 0.4) is 0 Å². The number of amides is 1. The minimum Gasteiger partial charge on any atom is -0.494 e. The highest BCUT2D eigenvalue weighted by molar-refractivity contribution is 5.85. The Labute approximate surface area is 137 Å². The zero-order chi connectivity index (χ0) is 16.4. The lowest BCUT2D eigenvalue weighted by Gasteiger charge is -2.28. The van der Waals surface area contributed by atoms with Crippen LogP contribution in [0.15, 0.2) is 18.2 Å². The van der Waals surface area contributed by atoms with E-state index in [0.717, 1.165) is 18.6 Å². The first-order chi connectivity index (χ1) is 11.1. The number of Topliss-reactive ketones (excluding diaryl/α,β-unsaturated/α-hetero) is 1. The average Bonchev–Trinajstić information content (AvgIpc) is 2.91. The van der Waals surface area contributed by atoms with E-state index in [0.29, 0.717) is 25.9 Å². The zero-order valence-electron chi connectivity index (χ0n) is 13.9. The maximum absolute atomic E-state index is 12.6. The third kappa shape index (κ3) is 3.26. The SMILES string of the molecule is CCOc1cccc2c1CC[C@@H]2NC(=O)[C@@H]1CCC(=O)C[C@@H]1C. The van der Waals surface area contributed by atoms with E-state index in [1.54, 1.807) is 0 Å². The molecule has 1 N–H and O–H groups in total. The number of ether oxygens (including phenoxy) is 1. The first kappa shape index (κ1) is 16.0. The van der Waals surface area contributed by atoms with Crippen molar-refractivity contribution in [1.29, 1.82) is 0 Å². The van der Waals surface area contributed by atoms with Crippen molar-refractivity contribution in [1.82, 2.24) is 5.32 Å². The Bertz CT molecular complexity index is 611. The minimum absolute atomic E-state index is 0.0353. The molecule has 1 amide bonds. The van der Waals surface area contributed by atoms with Crippen LogP contribution in [0.2, 0.25) is 0 Å². The number of benzene rings is 1. The molecule has 3 rings (SSSR count). The van der Waals surface area contributed by atoms with Gasteiger partial charge in [-0.05, 0) is 49.3 Å². The van der Waals surface area contributed by atoms with Crippen molar-refractivity contribution in [3.63, 3.8) is 0 Å². The molecule has 0 aliphatic heterocycles. The van der Waals surface area contributed by atoms with Crippen LogP contribution >= 0.6 is 0 Å². The number of ketones is 1. The van der Waals surface area contributed by atoms with Crippen LogP contribution in [0.5, 0.6) is 5.75 Å². The Morgan fingerprint density at radius 2 is 2.13 bits per heavy atom. The van der Waals surface area contributed by atoms with E-state index in [4.69, 9.17) is 4.74 Å². The Morgan fingerprint density at radius 1 is 1.30 bits per heavy atom. The Hall–Kier alpha value is -1.84. The van der Waals surface area contributed by atoms with E-state index in [-0.39, 0.29) is 29.6 Å². The molecule has 0 heterocycles. The number of rotatable bonds is 4. The van der Waals surface area contributed by atoms with Crippen LogP contribution in [0.25, 0.3) is 0 Å². The van der Waals surface area contributed by atoms with Crippen LogP contribution in [0.1, 0.15) is 56.7 Å². The Morgan fingerprint density at radius 3 is 2.87 bits per heavy atom. The molecule has 1 fully saturated rings. The Balaban J connectivity index is 1.70. The van der Waals surface area contributed by atoms with Gasteiger partial charge < -0.3 is 10.1 Å². The summed E-state index contributed by atoms with van der Waals surface area (Å²) in [4.78, 5) is 24.1. The van der Waals surface area contributed by atoms with Gasteiger partial charge in [0.05, 0.1) is 12.6 Å². The van der Waals surface area contributed by atoms with Crippen molar-refractivity contribution in [3.05, 3.63) is 29.3 Å². The molecule has 4 heteroatoms. The van der Waals surface area contributed by atoms with Gasteiger partial charge in [-0.3, -0.25) is 9.59 Å². The zero-order valence-corrected chi connectivity index (χ0v) is 13.9. The largest absolute Gasteiger partial charge is 0.494 e. The number of hydrogen-bond acceptors (Lipinski definition) is 3. The highest BCUT2D eigenvalue weighted by Crippen LogP contribution is 2.37. The first-order valence-electron chi connectivity index (χ1n) is 8.66. The summed E-state index contributed by atoms with van der Waals surface area (Å²) in [7, 11) is 0. The van der Waals surface area contributed by atoms with Crippen molar-refractivity contribution in [3.8, 4) is 5.75 Å². The van der Waals surface area contributed by atoms with E-state index in [9.17, 15) is 9.59 Å². The van der Waals surface area contributed by atoms with Gasteiger partial charge in [0.25, 0.3) is 0 Å². The molecule has 0 radical (unpaired) electrons. The van der Waals surface area contributed by atoms with E-state index < -0.39 is 0 Å². The lowest BCUT2D eigenvalue weighted by Crippen LogP contribution is -2.39. The molecule has 1 saturated carbocycles. The molecule has 2 aliphatic rings. The van der Waals surface area contributed by atoms with Crippen LogP contribution in [0, 0.1) is 11.8 Å². The second-order valence-corrected chi connectivity index (χ2v) is 6.72. The summed E-state index contributed by atoms with van der Waals surface area (Å²) < 4.78 is 5.70. The van der Waals surface area contributed by atoms with Crippen LogP contribution < -0.4 is 10.1 Å². The predicted octanol–water partition coefficient (Wildman–Crippen LogP) is 3.19. The summed E-state index contributed by atoms with van der Waals surface area (Å²) >= 11 is 0. The number of carbonyl (C=O) groups excluding carboxylic acids is 2. The third-order valence-electron chi connectivity index (χ3n) is 5.15. The minimum atomic E-state index is -0.0353. The molecular weight excluding hydrogens is 290 g/mol. The fourth-order valence-electron chi connectivity index (χ4n) is 3.93. The molecule has 2 aliphatic carbocycles. The molecular formula is C19H25NO3. The maximum atomic E-state index is 12.6. The molecule has 0 bridgehead atoms. The van der Waals surface area contributed by atoms with Crippen molar-refractivity contribution >= 4 is 11.7 Å². The van der Waals surface area contributed by atoms with Crippen molar-refractivity contribution in [2.75, 3.05) is 6.61 Å². The Kier molecular flexibility index (Phi) is 4.69. The molecule has 0 spiro atoms. The lowest BCUT2D eigenvalue weighted by molar-refractivity contribution is -0.131. The number of nitrogens with one attached hydrogen (secondary N) is 1. The summed E-state index contributed by atoms with van der Waals surface area (Å²) in [6.07, 6.45) is 3.62. The lowest BCUT2D eigenvalue weighted by atomic mass is 9.79. The second kappa shape index (κ2) is 6.73. The van der Waals surface area contributed by atoms with Gasteiger partial charge in [-0.2, -0.15) is 0 Å². The van der Waals surface area contributed by atoms with Crippen molar-refractivity contribution in [2.24, 2.45) is 11.8 Å². The molecule has 0 unspecified atom stereocenters. The molecule has 23 heavy (non-hydrogen) atoms. The van der Waals surface area contributed by atoms with Gasteiger partial charge in [-0.25, -0.2) is 0 Å². The second-order valence-electron chi connectivity index (χ2n) is 6.72. The topological polar surface area (TPSA) is 55.4 Å². The average molecular weight is 315 g/mol. The molecule has 1 aromatic carbocycles. The molecule has 0 saturated heterocycles. The normalized spacial score (nSPS) is 26.7. The molecule has 3 atom stereocenters. The van der Waals surface area contributed by atoms with Crippen molar-refractivity contribution < 1.29 is 14.3 Å². The fraction of sp³-hybridized carbons (Fsp3) is 0.579. The number of carbonyl (C=O) groups is 2. The van der Waals surface area contributed by atoms with E-state index in [1.807, 2.05) is 26.0 Å². The molecule has 0 aromatic heterocycles. The summed E-state index contributed by atoms with van der Waals surface area (Å²) in [5, 5.41) is 3.21. The maximum Gasteiger partial charge on any atom is 0.223 e. The third-order valence-corrected chi connectivity index (χ3v) is 5.15. The van der Waals surface area contributed by atoms with Gasteiger partial charge in [-0.15, -0.1) is 0 Å². The number of hydrogen-bond donors (Lipinski definition) is 1. The highest BCUT2D eigenvalue weighted by atomic mass is 16.5. The van der Waals surface area contributed by atoms with Gasteiger partial charge >= 0.3 is 0 Å². The fourth-order valence-corrected chi connectivity index (χ4v) is 3.93. The van der Waals surface area contributed by atoms with Crippen LogP contribution in [-0.4, -0.2) is 18.3 Å². The van der Waals surface area contributed by atoms with Gasteiger partial charge in [0, 0.05) is 18.8 Å². The van der Waals surface area contributed by atoms with E-state index in [1.165, 1.54) is 11.1 Å². The van der Waals surface area contributed by atoms with Gasteiger partial charge in [0.15, 0.2) is 0 Å². The van der Waals surface area contributed by atoms with Crippen LogP contribution in [-0.2, 0) is 16.0 Å². The summed E-state index contributed by atoms with van der Waals surface area (Å²) in [5.74, 6) is 1.44. The van der Waals surface area contributed by atoms with Gasteiger partial charge in [-0.1, -0.05) is 19.1 Å². The van der Waals surface area contributed by atoms with Crippen molar-refractivity contribution in [2.45, 2.75) is 52.0 Å². The molecule has 124 valence electrons. The summed E-state index contributed by atoms with van der Waals surface area (Å²) in [5.41, 5.74) is 2.41. The number of fused-ring (bicyclic) bond motifs is 1.